The second-order valence-electron chi connectivity index (χ2n) is 6.19. The highest BCUT2D eigenvalue weighted by molar-refractivity contribution is 6.31. The minimum absolute atomic E-state index is 0.0118. The van der Waals surface area contributed by atoms with E-state index >= 15 is 0 Å². The number of ketones is 1. The summed E-state index contributed by atoms with van der Waals surface area (Å²) in [6.07, 6.45) is 0. The normalized spacial score (nSPS) is 10.7. The van der Waals surface area contributed by atoms with E-state index < -0.39 is 0 Å². The largest absolute Gasteiger partial charge is 0.324 e. The molecule has 1 N–H and O–H groups in total. The Balaban J connectivity index is 1.84. The van der Waals surface area contributed by atoms with Crippen molar-refractivity contribution in [2.45, 2.75) is 6.92 Å². The predicted molar refractivity (Wildman–Crippen MR) is 110 cm³/mol. The van der Waals surface area contributed by atoms with Crippen molar-refractivity contribution in [3.05, 3.63) is 83.4 Å². The van der Waals surface area contributed by atoms with Gasteiger partial charge in [0.15, 0.2) is 5.78 Å². The molecular formula is C22H16ClN3O. The Hall–Kier alpha value is -3.24. The van der Waals surface area contributed by atoms with Gasteiger partial charge < -0.3 is 5.32 Å². The smallest absolute Gasteiger partial charge is 0.228 e. The average molecular weight is 374 g/mol. The van der Waals surface area contributed by atoms with E-state index in [1.807, 2.05) is 60.7 Å². The molecule has 4 rings (SSSR count). The van der Waals surface area contributed by atoms with Crippen molar-refractivity contribution in [3.63, 3.8) is 0 Å². The highest BCUT2D eigenvalue weighted by atomic mass is 35.5. The van der Waals surface area contributed by atoms with Crippen LogP contribution < -0.4 is 5.32 Å². The van der Waals surface area contributed by atoms with Gasteiger partial charge in [-0.3, -0.25) is 4.79 Å². The highest BCUT2D eigenvalue weighted by Gasteiger charge is 2.11. The summed E-state index contributed by atoms with van der Waals surface area (Å²) >= 11 is 6.19. The number of fused-ring (bicyclic) bond motifs is 1. The summed E-state index contributed by atoms with van der Waals surface area (Å²) in [5.41, 5.74) is 3.96. The third kappa shape index (κ3) is 3.66. The molecule has 0 aliphatic carbocycles. The summed E-state index contributed by atoms with van der Waals surface area (Å²) in [7, 11) is 0. The Morgan fingerprint density at radius 2 is 1.74 bits per heavy atom. The number of carbonyl (C=O) groups excluding carboxylic acids is 1. The lowest BCUT2D eigenvalue weighted by molar-refractivity contribution is 0.101. The maximum atomic E-state index is 11.6. The summed E-state index contributed by atoms with van der Waals surface area (Å²) in [5.74, 6) is 0.474. The molecule has 27 heavy (non-hydrogen) atoms. The number of hydrogen-bond acceptors (Lipinski definition) is 4. The summed E-state index contributed by atoms with van der Waals surface area (Å²) in [6.45, 7) is 1.54. The van der Waals surface area contributed by atoms with E-state index in [9.17, 15) is 4.79 Å². The molecule has 0 radical (unpaired) electrons. The van der Waals surface area contributed by atoms with Gasteiger partial charge in [-0.1, -0.05) is 54.1 Å². The molecule has 1 aromatic heterocycles. The zero-order valence-electron chi connectivity index (χ0n) is 14.6. The molecule has 132 valence electrons. The van der Waals surface area contributed by atoms with Crippen LogP contribution in [0.4, 0.5) is 11.6 Å². The molecule has 0 bridgehead atoms. The number of rotatable bonds is 4. The van der Waals surface area contributed by atoms with Crippen LogP contribution in [-0.2, 0) is 0 Å². The van der Waals surface area contributed by atoms with Crippen LogP contribution in [0.15, 0.2) is 72.8 Å². The van der Waals surface area contributed by atoms with Crippen molar-refractivity contribution >= 4 is 39.9 Å². The molecule has 0 saturated carbocycles. The van der Waals surface area contributed by atoms with Gasteiger partial charge in [0.25, 0.3) is 0 Å². The van der Waals surface area contributed by atoms with Crippen LogP contribution in [0.25, 0.3) is 22.2 Å². The van der Waals surface area contributed by atoms with Gasteiger partial charge in [0.1, 0.15) is 0 Å². The molecular weight excluding hydrogens is 358 g/mol. The van der Waals surface area contributed by atoms with E-state index in [0.717, 1.165) is 27.8 Å². The van der Waals surface area contributed by atoms with Crippen LogP contribution >= 0.6 is 11.6 Å². The fourth-order valence-electron chi connectivity index (χ4n) is 2.92. The third-order valence-corrected chi connectivity index (χ3v) is 4.47. The zero-order chi connectivity index (χ0) is 18.8. The quantitative estimate of drug-likeness (QED) is 0.453. The van der Waals surface area contributed by atoms with Crippen molar-refractivity contribution in [1.82, 2.24) is 9.97 Å². The predicted octanol–water partition coefficient (Wildman–Crippen LogP) is 5.90. The average Bonchev–Trinajstić information content (AvgIpc) is 2.68. The Bertz CT molecular complexity index is 1140. The molecule has 4 aromatic rings. The zero-order valence-corrected chi connectivity index (χ0v) is 15.4. The van der Waals surface area contributed by atoms with Crippen molar-refractivity contribution in [3.8, 4) is 11.3 Å². The van der Waals surface area contributed by atoms with Gasteiger partial charge in [-0.05, 0) is 37.3 Å². The molecule has 0 saturated heterocycles. The Morgan fingerprint density at radius 1 is 0.926 bits per heavy atom. The molecule has 0 unspecified atom stereocenters. The molecule has 5 heteroatoms. The van der Waals surface area contributed by atoms with Gasteiger partial charge in [-0.25, -0.2) is 9.97 Å². The Labute approximate surface area is 161 Å². The molecule has 3 aromatic carbocycles. The van der Waals surface area contributed by atoms with Crippen molar-refractivity contribution in [2.24, 2.45) is 0 Å². The number of Topliss-reactive ketones (excluding diaryl/α,β-unsaturated/α-hetero) is 1. The number of aromatic nitrogens is 2. The maximum Gasteiger partial charge on any atom is 0.228 e. The first-order valence-corrected chi connectivity index (χ1v) is 8.89. The molecule has 0 atom stereocenters. The van der Waals surface area contributed by atoms with E-state index in [1.54, 1.807) is 19.1 Å². The van der Waals surface area contributed by atoms with Crippen LogP contribution in [-0.4, -0.2) is 15.8 Å². The number of benzene rings is 3. The standard InChI is InChI=1S/C22H16ClN3O/c1-14(27)16-8-5-9-18(12-16)24-22-25-20-11-10-17(23)13-19(20)21(26-22)15-6-3-2-4-7-15/h2-13H,1H3,(H,24,25,26). The van der Waals surface area contributed by atoms with Gasteiger partial charge in [-0.15, -0.1) is 0 Å². The van der Waals surface area contributed by atoms with Crippen LogP contribution in [0.5, 0.6) is 0 Å². The van der Waals surface area contributed by atoms with Crippen molar-refractivity contribution in [1.29, 1.82) is 0 Å². The van der Waals surface area contributed by atoms with Gasteiger partial charge in [0.2, 0.25) is 5.95 Å². The molecule has 0 aliphatic heterocycles. The lowest BCUT2D eigenvalue weighted by Gasteiger charge is -2.11. The maximum absolute atomic E-state index is 11.6. The molecule has 4 nitrogen and oxygen atoms in total. The number of hydrogen-bond donors (Lipinski definition) is 1. The fourth-order valence-corrected chi connectivity index (χ4v) is 3.09. The number of nitrogens with one attached hydrogen (secondary N) is 1. The Morgan fingerprint density at radius 3 is 2.52 bits per heavy atom. The first-order valence-electron chi connectivity index (χ1n) is 8.51. The third-order valence-electron chi connectivity index (χ3n) is 4.23. The first-order chi connectivity index (χ1) is 13.1. The number of anilines is 2. The first kappa shape index (κ1) is 17.2. The van der Waals surface area contributed by atoms with E-state index in [4.69, 9.17) is 16.6 Å². The van der Waals surface area contributed by atoms with Crippen LogP contribution in [0.2, 0.25) is 5.02 Å². The Kier molecular flexibility index (Phi) is 4.57. The number of halogens is 1. The van der Waals surface area contributed by atoms with Gasteiger partial charge in [0.05, 0.1) is 11.2 Å². The van der Waals surface area contributed by atoms with Crippen LogP contribution in [0, 0.1) is 0 Å². The topological polar surface area (TPSA) is 54.9 Å². The van der Waals surface area contributed by atoms with Crippen LogP contribution in [0.1, 0.15) is 17.3 Å². The second-order valence-corrected chi connectivity index (χ2v) is 6.62. The summed E-state index contributed by atoms with van der Waals surface area (Å²) in [4.78, 5) is 20.9. The molecule has 0 spiro atoms. The molecule has 0 fully saturated rings. The van der Waals surface area contributed by atoms with Crippen LogP contribution in [0.3, 0.4) is 0 Å². The minimum atomic E-state index is 0.0118. The molecule has 0 amide bonds. The summed E-state index contributed by atoms with van der Waals surface area (Å²) in [5, 5.41) is 4.73. The van der Waals surface area contributed by atoms with E-state index in [2.05, 4.69) is 10.3 Å². The van der Waals surface area contributed by atoms with E-state index in [1.165, 1.54) is 0 Å². The number of nitrogens with zero attached hydrogens (tertiary/aromatic N) is 2. The minimum Gasteiger partial charge on any atom is -0.324 e. The van der Waals surface area contributed by atoms with Gasteiger partial charge in [0, 0.05) is 27.2 Å². The summed E-state index contributed by atoms with van der Waals surface area (Å²) < 4.78 is 0. The van der Waals surface area contributed by atoms with E-state index in [0.29, 0.717) is 16.5 Å². The highest BCUT2D eigenvalue weighted by Crippen LogP contribution is 2.30. The summed E-state index contributed by atoms with van der Waals surface area (Å²) in [6, 6.07) is 22.8. The van der Waals surface area contributed by atoms with Gasteiger partial charge in [-0.2, -0.15) is 0 Å². The molecule has 0 aliphatic rings. The van der Waals surface area contributed by atoms with Crippen molar-refractivity contribution in [2.75, 3.05) is 5.32 Å². The van der Waals surface area contributed by atoms with Crippen molar-refractivity contribution < 1.29 is 4.79 Å². The SMILES string of the molecule is CC(=O)c1cccc(Nc2nc(-c3ccccc3)c3cc(Cl)ccc3n2)c1. The lowest BCUT2D eigenvalue weighted by Crippen LogP contribution is -2.01. The van der Waals surface area contributed by atoms with Gasteiger partial charge >= 0.3 is 0 Å². The fraction of sp³-hybridized carbons (Fsp3) is 0.0455. The number of carbonyl (C=O) groups is 1. The molecule has 1 heterocycles. The van der Waals surface area contributed by atoms with E-state index in [-0.39, 0.29) is 5.78 Å². The second kappa shape index (κ2) is 7.17. The lowest BCUT2D eigenvalue weighted by atomic mass is 10.1. The monoisotopic (exact) mass is 373 g/mol.